The maximum absolute atomic E-state index is 11.7. The maximum Gasteiger partial charge on any atom is 0.266 e. The van der Waals surface area contributed by atoms with Gasteiger partial charge >= 0.3 is 0 Å². The lowest BCUT2D eigenvalue weighted by Gasteiger charge is -2.04. The first-order valence-corrected chi connectivity index (χ1v) is 8.98. The maximum atomic E-state index is 11.7. The summed E-state index contributed by atoms with van der Waals surface area (Å²) >= 11 is 3.35. The third-order valence-electron chi connectivity index (χ3n) is 1.72. The van der Waals surface area contributed by atoms with Gasteiger partial charge in [0.25, 0.3) is 5.56 Å². The molecule has 0 aliphatic heterocycles. The van der Waals surface area contributed by atoms with Crippen molar-refractivity contribution < 1.29 is 0 Å². The zero-order valence-corrected chi connectivity index (χ0v) is 12.0. The van der Waals surface area contributed by atoms with Gasteiger partial charge in [-0.3, -0.25) is 4.79 Å². The molecule has 0 aliphatic rings. The number of aromatic nitrogens is 1. The normalized spacial score (nSPS) is 10.7. The van der Waals surface area contributed by atoms with E-state index in [9.17, 15) is 4.79 Å². The van der Waals surface area contributed by atoms with E-state index < -0.39 is 8.07 Å². The molecule has 1 heterocycles. The monoisotopic (exact) mass is 283 g/mol. The van der Waals surface area contributed by atoms with Crippen LogP contribution in [0.1, 0.15) is 5.56 Å². The van der Waals surface area contributed by atoms with E-state index in [1.54, 1.807) is 19.3 Å². The number of hydrogen-bond donors (Lipinski definition) is 0. The third kappa shape index (κ3) is 3.69. The van der Waals surface area contributed by atoms with Gasteiger partial charge in [-0.1, -0.05) is 25.6 Å². The Morgan fingerprint density at radius 2 is 2.00 bits per heavy atom. The number of pyridine rings is 1. The highest BCUT2D eigenvalue weighted by Crippen LogP contribution is 2.07. The van der Waals surface area contributed by atoms with Crippen LogP contribution in [0.3, 0.4) is 0 Å². The molecule has 0 saturated heterocycles. The highest BCUT2D eigenvalue weighted by molar-refractivity contribution is 9.10. The number of aryl methyl sites for hydroxylation is 1. The van der Waals surface area contributed by atoms with Crippen molar-refractivity contribution in [2.45, 2.75) is 19.6 Å². The average molecular weight is 284 g/mol. The van der Waals surface area contributed by atoms with E-state index in [4.69, 9.17) is 0 Å². The molecule has 0 aromatic carbocycles. The molecule has 0 aliphatic carbocycles. The van der Waals surface area contributed by atoms with E-state index in [1.165, 1.54) is 4.57 Å². The van der Waals surface area contributed by atoms with Gasteiger partial charge in [0.05, 0.1) is 5.56 Å². The van der Waals surface area contributed by atoms with E-state index in [1.807, 2.05) is 0 Å². The average Bonchev–Trinajstić information content (AvgIpc) is 2.07. The molecule has 0 saturated carbocycles. The SMILES string of the molecule is Cn1cc(Br)cc(C#C[Si](C)(C)C)c1=O. The van der Waals surface area contributed by atoms with Crippen LogP contribution in [0.15, 0.2) is 21.5 Å². The molecule has 1 aromatic rings. The molecule has 2 nitrogen and oxygen atoms in total. The van der Waals surface area contributed by atoms with Crippen LogP contribution >= 0.6 is 15.9 Å². The Balaban J connectivity index is 3.26. The molecule has 80 valence electrons. The zero-order chi connectivity index (χ0) is 11.6. The van der Waals surface area contributed by atoms with E-state index >= 15 is 0 Å². The summed E-state index contributed by atoms with van der Waals surface area (Å²) in [5.41, 5.74) is 3.71. The van der Waals surface area contributed by atoms with Crippen molar-refractivity contribution in [3.63, 3.8) is 0 Å². The second-order valence-corrected chi connectivity index (χ2v) is 10.2. The Hall–Kier alpha value is -0.793. The van der Waals surface area contributed by atoms with Gasteiger partial charge in [0.2, 0.25) is 0 Å². The fraction of sp³-hybridized carbons (Fsp3) is 0.364. The molecule has 0 fully saturated rings. The minimum atomic E-state index is -1.42. The topological polar surface area (TPSA) is 22.0 Å². The van der Waals surface area contributed by atoms with E-state index in [-0.39, 0.29) is 5.56 Å². The van der Waals surface area contributed by atoms with Gasteiger partial charge in [-0.25, -0.2) is 0 Å². The molecular weight excluding hydrogens is 270 g/mol. The molecule has 0 amide bonds. The first kappa shape index (κ1) is 12.3. The van der Waals surface area contributed by atoms with Crippen LogP contribution < -0.4 is 5.56 Å². The highest BCUT2D eigenvalue weighted by atomic mass is 79.9. The Morgan fingerprint density at radius 1 is 1.40 bits per heavy atom. The molecule has 0 radical (unpaired) electrons. The summed E-state index contributed by atoms with van der Waals surface area (Å²) in [6, 6.07) is 1.77. The summed E-state index contributed by atoms with van der Waals surface area (Å²) in [4.78, 5) is 11.7. The lowest BCUT2D eigenvalue weighted by Crippen LogP contribution is -2.20. The zero-order valence-electron chi connectivity index (χ0n) is 9.39. The molecule has 1 aromatic heterocycles. The lowest BCUT2D eigenvalue weighted by atomic mass is 10.3. The van der Waals surface area contributed by atoms with Crippen molar-refractivity contribution in [2.24, 2.45) is 7.05 Å². The van der Waals surface area contributed by atoms with Crippen molar-refractivity contribution >= 4 is 24.0 Å². The number of rotatable bonds is 0. The lowest BCUT2D eigenvalue weighted by molar-refractivity contribution is 0.851. The number of hydrogen-bond acceptors (Lipinski definition) is 1. The first-order valence-electron chi connectivity index (χ1n) is 4.69. The van der Waals surface area contributed by atoms with Gasteiger partial charge in [-0.2, -0.15) is 0 Å². The van der Waals surface area contributed by atoms with Crippen LogP contribution in [0.25, 0.3) is 0 Å². The van der Waals surface area contributed by atoms with Gasteiger partial charge < -0.3 is 4.57 Å². The number of halogens is 1. The summed E-state index contributed by atoms with van der Waals surface area (Å²) in [5, 5.41) is 0. The Morgan fingerprint density at radius 3 is 2.53 bits per heavy atom. The fourth-order valence-corrected chi connectivity index (χ4v) is 2.06. The summed E-state index contributed by atoms with van der Waals surface area (Å²) in [6.07, 6.45) is 1.74. The van der Waals surface area contributed by atoms with Crippen molar-refractivity contribution in [1.82, 2.24) is 4.57 Å². The third-order valence-corrected chi connectivity index (χ3v) is 3.03. The van der Waals surface area contributed by atoms with Crippen molar-refractivity contribution in [2.75, 3.05) is 0 Å². The minimum absolute atomic E-state index is 0.0380. The minimum Gasteiger partial charge on any atom is -0.316 e. The molecule has 0 spiro atoms. The quantitative estimate of drug-likeness (QED) is 0.529. The first-order chi connectivity index (χ1) is 6.79. The second kappa shape index (κ2) is 4.38. The van der Waals surface area contributed by atoms with Gasteiger partial charge in [-0.05, 0) is 22.0 Å². The predicted molar refractivity (Wildman–Crippen MR) is 69.6 cm³/mol. The Bertz CT molecular complexity index is 488. The fourth-order valence-electron chi connectivity index (χ4n) is 1.01. The predicted octanol–water partition coefficient (Wildman–Crippen LogP) is 2.38. The summed E-state index contributed by atoms with van der Waals surface area (Å²) in [5.74, 6) is 2.98. The molecule has 1 rings (SSSR count). The standard InChI is InChI=1S/C11H14BrNOSi/c1-13-8-10(12)7-9(11(13)14)5-6-15(2,3)4/h7-8H,1-4H3. The van der Waals surface area contributed by atoms with Gasteiger partial charge in [-0.15, -0.1) is 5.54 Å². The van der Waals surface area contributed by atoms with Crippen LogP contribution in [-0.4, -0.2) is 12.6 Å². The Labute approximate surface area is 99.5 Å². The molecule has 0 unspecified atom stereocenters. The molecular formula is C11H14BrNOSi. The van der Waals surface area contributed by atoms with Gasteiger partial charge in [0, 0.05) is 17.7 Å². The highest BCUT2D eigenvalue weighted by Gasteiger charge is 2.08. The van der Waals surface area contributed by atoms with E-state index in [0.717, 1.165) is 4.47 Å². The van der Waals surface area contributed by atoms with E-state index in [0.29, 0.717) is 5.56 Å². The summed E-state index contributed by atoms with van der Waals surface area (Å²) in [7, 11) is 0.307. The van der Waals surface area contributed by atoms with Crippen LogP contribution in [0, 0.1) is 11.5 Å². The largest absolute Gasteiger partial charge is 0.316 e. The number of nitrogens with zero attached hydrogens (tertiary/aromatic N) is 1. The van der Waals surface area contributed by atoms with E-state index in [2.05, 4.69) is 47.0 Å². The molecule has 0 bridgehead atoms. The summed E-state index contributed by atoms with van der Waals surface area (Å²) < 4.78 is 2.42. The molecule has 4 heteroatoms. The van der Waals surface area contributed by atoms with Crippen LogP contribution in [0.4, 0.5) is 0 Å². The smallest absolute Gasteiger partial charge is 0.266 e. The van der Waals surface area contributed by atoms with Gasteiger partial charge in [0.15, 0.2) is 0 Å². The molecule has 15 heavy (non-hydrogen) atoms. The van der Waals surface area contributed by atoms with Crippen molar-refractivity contribution in [1.29, 1.82) is 0 Å². The second-order valence-electron chi connectivity index (χ2n) is 4.49. The van der Waals surface area contributed by atoms with Gasteiger partial charge in [0.1, 0.15) is 8.07 Å². The van der Waals surface area contributed by atoms with Crippen molar-refractivity contribution in [3.05, 3.63) is 32.7 Å². The van der Waals surface area contributed by atoms with Crippen LogP contribution in [-0.2, 0) is 7.05 Å². The molecule has 0 atom stereocenters. The molecule has 0 N–H and O–H groups in total. The van der Waals surface area contributed by atoms with Crippen molar-refractivity contribution in [3.8, 4) is 11.5 Å². The van der Waals surface area contributed by atoms with Crippen LogP contribution in [0.5, 0.6) is 0 Å². The van der Waals surface area contributed by atoms with Crippen LogP contribution in [0.2, 0.25) is 19.6 Å². The Kier molecular flexibility index (Phi) is 3.58. The summed E-state index contributed by atoms with van der Waals surface area (Å²) in [6.45, 7) is 6.47.